The molecule has 140 valence electrons. The predicted octanol–water partition coefficient (Wildman–Crippen LogP) is 1.08. The van der Waals surface area contributed by atoms with Crippen molar-refractivity contribution in [2.75, 3.05) is 27.7 Å². The van der Waals surface area contributed by atoms with Crippen molar-refractivity contribution in [2.45, 2.75) is 42.7 Å². The molecule has 1 amide bonds. The van der Waals surface area contributed by atoms with Crippen LogP contribution in [0.5, 0.6) is 5.75 Å². The lowest BCUT2D eigenvalue weighted by atomic mass is 9.91. The van der Waals surface area contributed by atoms with Gasteiger partial charge in [0.05, 0.1) is 30.7 Å². The molecule has 0 unspecified atom stereocenters. The smallest absolute Gasteiger partial charge is 0.243 e. The number of aliphatic hydroxyl groups is 1. The number of carbonyl (C=O) groups is 1. The summed E-state index contributed by atoms with van der Waals surface area (Å²) in [7, 11) is 0.733. The third-order valence-electron chi connectivity index (χ3n) is 4.71. The van der Waals surface area contributed by atoms with Crippen LogP contribution in [0.2, 0.25) is 0 Å². The molecule has 0 saturated heterocycles. The highest BCUT2D eigenvalue weighted by molar-refractivity contribution is 7.89. The number of rotatable bonds is 6. The summed E-state index contributed by atoms with van der Waals surface area (Å²) in [6.45, 7) is -0.270. The Bertz CT molecular complexity index is 689. The summed E-state index contributed by atoms with van der Waals surface area (Å²) in [6, 6.07) is 5.77. The number of amides is 1. The molecule has 1 aliphatic rings. The second kappa shape index (κ2) is 8.16. The van der Waals surface area contributed by atoms with Gasteiger partial charge in [-0.3, -0.25) is 4.79 Å². The van der Waals surface area contributed by atoms with E-state index in [1.165, 1.54) is 31.2 Å². The van der Waals surface area contributed by atoms with Crippen molar-refractivity contribution in [1.29, 1.82) is 0 Å². The lowest BCUT2D eigenvalue weighted by molar-refractivity contribution is -0.135. The van der Waals surface area contributed by atoms with Crippen molar-refractivity contribution in [3.05, 3.63) is 24.3 Å². The molecular formula is C17H26N2O5S. The van der Waals surface area contributed by atoms with Crippen molar-refractivity contribution < 1.29 is 23.1 Å². The zero-order valence-electron chi connectivity index (χ0n) is 14.9. The summed E-state index contributed by atoms with van der Waals surface area (Å²) < 4.78 is 31.2. The van der Waals surface area contributed by atoms with Gasteiger partial charge >= 0.3 is 0 Å². The van der Waals surface area contributed by atoms with Crippen molar-refractivity contribution >= 4 is 15.9 Å². The maximum Gasteiger partial charge on any atom is 0.243 e. The summed E-state index contributed by atoms with van der Waals surface area (Å²) in [5.74, 6) is 0.231. The van der Waals surface area contributed by atoms with E-state index in [0.717, 1.165) is 23.6 Å². The van der Waals surface area contributed by atoms with Crippen molar-refractivity contribution in [1.82, 2.24) is 9.21 Å². The van der Waals surface area contributed by atoms with E-state index in [1.807, 2.05) is 0 Å². The average Bonchev–Trinajstić information content (AvgIpc) is 2.61. The van der Waals surface area contributed by atoms with Crippen LogP contribution >= 0.6 is 0 Å². The minimum atomic E-state index is -3.77. The van der Waals surface area contributed by atoms with E-state index in [4.69, 9.17) is 4.74 Å². The topological polar surface area (TPSA) is 87.2 Å². The van der Waals surface area contributed by atoms with Crippen LogP contribution in [0.1, 0.15) is 25.7 Å². The van der Waals surface area contributed by atoms with E-state index >= 15 is 0 Å². The third-order valence-corrected chi connectivity index (χ3v) is 6.53. The van der Waals surface area contributed by atoms with Gasteiger partial charge in [0.15, 0.2) is 0 Å². The van der Waals surface area contributed by atoms with E-state index in [1.54, 1.807) is 19.2 Å². The Kier molecular flexibility index (Phi) is 6.42. The molecule has 2 atom stereocenters. The minimum absolute atomic E-state index is 0.101. The fraction of sp³-hybridized carbons (Fsp3) is 0.588. The van der Waals surface area contributed by atoms with Gasteiger partial charge in [0.25, 0.3) is 0 Å². The first-order valence-electron chi connectivity index (χ1n) is 8.31. The summed E-state index contributed by atoms with van der Waals surface area (Å²) >= 11 is 0. The number of carbonyl (C=O) groups excluding carboxylic acids is 1. The van der Waals surface area contributed by atoms with Gasteiger partial charge in [-0.2, -0.15) is 4.31 Å². The molecule has 0 aromatic heterocycles. The van der Waals surface area contributed by atoms with E-state index in [2.05, 4.69) is 0 Å². The predicted molar refractivity (Wildman–Crippen MR) is 93.8 cm³/mol. The molecule has 1 saturated carbocycles. The Balaban J connectivity index is 2.05. The second-order valence-corrected chi connectivity index (χ2v) is 8.41. The first-order valence-corrected chi connectivity index (χ1v) is 9.75. The summed E-state index contributed by atoms with van der Waals surface area (Å²) in [6.07, 6.45) is 2.76. The number of likely N-dealkylation sites (N-methyl/N-ethyl adjacent to an activating group) is 2. The van der Waals surface area contributed by atoms with E-state index in [0.29, 0.717) is 12.2 Å². The third kappa shape index (κ3) is 4.50. The molecule has 1 aliphatic carbocycles. The van der Waals surface area contributed by atoms with Crippen LogP contribution in [0.3, 0.4) is 0 Å². The number of methoxy groups -OCH3 is 1. The monoisotopic (exact) mass is 370 g/mol. The normalized spacial score (nSPS) is 21.2. The zero-order chi connectivity index (χ0) is 18.6. The molecule has 0 bridgehead atoms. The maximum atomic E-state index is 12.6. The van der Waals surface area contributed by atoms with Gasteiger partial charge in [-0.05, 0) is 37.1 Å². The van der Waals surface area contributed by atoms with Crippen LogP contribution in [0, 0.1) is 0 Å². The molecule has 0 radical (unpaired) electrons. The second-order valence-electron chi connectivity index (χ2n) is 6.36. The molecule has 0 aliphatic heterocycles. The van der Waals surface area contributed by atoms with Gasteiger partial charge in [0.2, 0.25) is 15.9 Å². The van der Waals surface area contributed by atoms with Gasteiger partial charge in [-0.1, -0.05) is 12.8 Å². The average molecular weight is 370 g/mol. The molecule has 1 aromatic carbocycles. The number of sulfonamides is 1. The van der Waals surface area contributed by atoms with Crippen molar-refractivity contribution in [3.63, 3.8) is 0 Å². The number of benzene rings is 1. The Morgan fingerprint density at radius 1 is 1.20 bits per heavy atom. The Labute approximate surface area is 149 Å². The highest BCUT2D eigenvalue weighted by Crippen LogP contribution is 2.23. The molecule has 8 heteroatoms. The number of ether oxygens (including phenoxy) is 1. The number of hydrogen-bond acceptors (Lipinski definition) is 5. The molecule has 1 fully saturated rings. The highest BCUT2D eigenvalue weighted by atomic mass is 32.2. The van der Waals surface area contributed by atoms with Crippen LogP contribution in [0.4, 0.5) is 0 Å². The molecular weight excluding hydrogens is 344 g/mol. The quantitative estimate of drug-likeness (QED) is 0.810. The van der Waals surface area contributed by atoms with Crippen LogP contribution < -0.4 is 4.74 Å². The first kappa shape index (κ1) is 19.7. The zero-order valence-corrected chi connectivity index (χ0v) is 15.7. The summed E-state index contributed by atoms with van der Waals surface area (Å²) in [5.41, 5.74) is 0. The van der Waals surface area contributed by atoms with Gasteiger partial charge in [0, 0.05) is 14.1 Å². The van der Waals surface area contributed by atoms with Crippen molar-refractivity contribution in [2.24, 2.45) is 0 Å². The first-order chi connectivity index (χ1) is 11.8. The number of nitrogens with zero attached hydrogens (tertiary/aromatic N) is 2. The molecule has 25 heavy (non-hydrogen) atoms. The molecule has 2 rings (SSSR count). The highest BCUT2D eigenvalue weighted by Gasteiger charge is 2.31. The van der Waals surface area contributed by atoms with Crippen LogP contribution in [0.25, 0.3) is 0 Å². The lowest BCUT2D eigenvalue weighted by Gasteiger charge is -2.35. The Morgan fingerprint density at radius 2 is 1.80 bits per heavy atom. The van der Waals surface area contributed by atoms with E-state index in [-0.39, 0.29) is 23.4 Å². The fourth-order valence-electron chi connectivity index (χ4n) is 3.04. The summed E-state index contributed by atoms with van der Waals surface area (Å²) in [5, 5.41) is 10.1. The van der Waals surface area contributed by atoms with Gasteiger partial charge in [-0.15, -0.1) is 0 Å². The van der Waals surface area contributed by atoms with Gasteiger partial charge in [0.1, 0.15) is 5.75 Å². The molecule has 0 spiro atoms. The largest absolute Gasteiger partial charge is 0.497 e. The number of hydrogen-bond donors (Lipinski definition) is 1. The SMILES string of the molecule is COc1ccc(S(=O)(=O)N(C)CC(=O)N(C)[C@@H]2CCCC[C@H]2O)cc1. The van der Waals surface area contributed by atoms with Crippen LogP contribution in [0.15, 0.2) is 29.2 Å². The van der Waals surface area contributed by atoms with Gasteiger partial charge < -0.3 is 14.7 Å². The Hall–Kier alpha value is -1.64. The standard InChI is InChI=1S/C17H26N2O5S/c1-18(25(22,23)14-10-8-13(24-3)9-11-14)12-17(21)19(2)15-6-4-5-7-16(15)20/h8-11,15-16,20H,4-7,12H2,1-3H3/t15-,16-/m1/s1. The van der Waals surface area contributed by atoms with Crippen LogP contribution in [-0.4, -0.2) is 68.5 Å². The fourth-order valence-corrected chi connectivity index (χ4v) is 4.16. The van der Waals surface area contributed by atoms with Gasteiger partial charge in [-0.25, -0.2) is 8.42 Å². The Morgan fingerprint density at radius 3 is 2.36 bits per heavy atom. The maximum absolute atomic E-state index is 12.6. The molecule has 7 nitrogen and oxygen atoms in total. The molecule has 0 heterocycles. The van der Waals surface area contributed by atoms with E-state index < -0.39 is 16.1 Å². The number of aliphatic hydroxyl groups excluding tert-OH is 1. The minimum Gasteiger partial charge on any atom is -0.497 e. The summed E-state index contributed by atoms with van der Waals surface area (Å²) in [4.78, 5) is 14.0. The van der Waals surface area contributed by atoms with Crippen molar-refractivity contribution in [3.8, 4) is 5.75 Å². The molecule has 1 aromatic rings. The molecule has 1 N–H and O–H groups in total. The van der Waals surface area contributed by atoms with Crippen LogP contribution in [-0.2, 0) is 14.8 Å². The lowest BCUT2D eigenvalue weighted by Crippen LogP contribution is -2.49. The van der Waals surface area contributed by atoms with E-state index in [9.17, 15) is 18.3 Å².